The summed E-state index contributed by atoms with van der Waals surface area (Å²) in [4.78, 5) is 24.5. The van der Waals surface area contributed by atoms with Crippen LogP contribution in [0.4, 0.5) is 0 Å². The van der Waals surface area contributed by atoms with Crippen LogP contribution in [0.5, 0.6) is 0 Å². The molecule has 100 valence electrons. The molecule has 0 aromatic heterocycles. The summed E-state index contributed by atoms with van der Waals surface area (Å²) in [6, 6.07) is 0. The van der Waals surface area contributed by atoms with Crippen LogP contribution < -0.4 is 16.6 Å². The Morgan fingerprint density at radius 3 is 2.35 bits per heavy atom. The van der Waals surface area contributed by atoms with Gasteiger partial charge in [0.25, 0.3) is 0 Å². The van der Waals surface area contributed by atoms with Gasteiger partial charge < -0.3 is 5.32 Å². The quantitative estimate of drug-likeness (QED) is 0.314. The van der Waals surface area contributed by atoms with E-state index in [2.05, 4.69) is 10.7 Å². The standard InChI is InChI=1S/C11H24N4O2/c1-8(2)5-13-10(16)7-15(4)6-9(3)11(17)14-12/h8-9H,5-7,12H2,1-4H3,(H,13,16)(H,14,17). The SMILES string of the molecule is CC(C)CNC(=O)CN(C)CC(C)C(=O)NN. The average molecular weight is 244 g/mol. The maximum Gasteiger partial charge on any atom is 0.237 e. The van der Waals surface area contributed by atoms with Crippen molar-refractivity contribution in [3.63, 3.8) is 0 Å². The molecule has 0 spiro atoms. The van der Waals surface area contributed by atoms with Crippen molar-refractivity contribution in [1.29, 1.82) is 0 Å². The Morgan fingerprint density at radius 2 is 1.88 bits per heavy atom. The molecule has 6 heteroatoms. The van der Waals surface area contributed by atoms with Crippen molar-refractivity contribution in [3.8, 4) is 0 Å². The maximum absolute atomic E-state index is 11.5. The van der Waals surface area contributed by atoms with Crippen LogP contribution in [0.15, 0.2) is 0 Å². The molecule has 1 unspecified atom stereocenters. The van der Waals surface area contributed by atoms with Crippen molar-refractivity contribution >= 4 is 11.8 Å². The second-order valence-electron chi connectivity index (χ2n) is 4.80. The van der Waals surface area contributed by atoms with E-state index in [0.717, 1.165) is 0 Å². The number of hydrogen-bond acceptors (Lipinski definition) is 4. The molecule has 0 aliphatic rings. The van der Waals surface area contributed by atoms with Gasteiger partial charge in [-0.15, -0.1) is 0 Å². The zero-order valence-electron chi connectivity index (χ0n) is 11.1. The summed E-state index contributed by atoms with van der Waals surface area (Å²) < 4.78 is 0. The van der Waals surface area contributed by atoms with Gasteiger partial charge in [-0.1, -0.05) is 20.8 Å². The van der Waals surface area contributed by atoms with Gasteiger partial charge in [-0.05, 0) is 13.0 Å². The molecule has 0 rings (SSSR count). The summed E-state index contributed by atoms with van der Waals surface area (Å²) in [5.41, 5.74) is 2.10. The second-order valence-corrected chi connectivity index (χ2v) is 4.80. The molecule has 4 N–H and O–H groups in total. The van der Waals surface area contributed by atoms with E-state index in [1.165, 1.54) is 0 Å². The summed E-state index contributed by atoms with van der Waals surface area (Å²) in [7, 11) is 1.80. The topological polar surface area (TPSA) is 87.5 Å². The molecule has 0 radical (unpaired) electrons. The predicted octanol–water partition coefficient (Wildman–Crippen LogP) is -0.684. The second kappa shape index (κ2) is 8.03. The van der Waals surface area contributed by atoms with E-state index >= 15 is 0 Å². The van der Waals surface area contributed by atoms with E-state index < -0.39 is 0 Å². The minimum absolute atomic E-state index is 0.0263. The number of hydrogen-bond donors (Lipinski definition) is 3. The van der Waals surface area contributed by atoms with Gasteiger partial charge in [0.2, 0.25) is 11.8 Å². The van der Waals surface area contributed by atoms with Crippen LogP contribution in [0.25, 0.3) is 0 Å². The van der Waals surface area contributed by atoms with Crippen LogP contribution in [-0.4, -0.2) is 43.4 Å². The third-order valence-corrected chi connectivity index (χ3v) is 2.30. The Kier molecular flexibility index (Phi) is 7.49. The van der Waals surface area contributed by atoms with Gasteiger partial charge in [0.05, 0.1) is 6.54 Å². The first-order valence-electron chi connectivity index (χ1n) is 5.82. The normalized spacial score (nSPS) is 12.6. The fraction of sp³-hybridized carbons (Fsp3) is 0.818. The fourth-order valence-corrected chi connectivity index (χ4v) is 1.38. The van der Waals surface area contributed by atoms with Crippen molar-refractivity contribution < 1.29 is 9.59 Å². The molecule has 0 aromatic carbocycles. The number of carbonyl (C=O) groups excluding carboxylic acids is 2. The van der Waals surface area contributed by atoms with Gasteiger partial charge in [0, 0.05) is 19.0 Å². The molecule has 0 saturated heterocycles. The third-order valence-electron chi connectivity index (χ3n) is 2.30. The summed E-state index contributed by atoms with van der Waals surface area (Å²) in [5.74, 6) is 4.99. The average Bonchev–Trinajstić information content (AvgIpc) is 2.24. The lowest BCUT2D eigenvalue weighted by molar-refractivity contribution is -0.126. The molecule has 0 aliphatic heterocycles. The van der Waals surface area contributed by atoms with Gasteiger partial charge >= 0.3 is 0 Å². The van der Waals surface area contributed by atoms with E-state index in [1.807, 2.05) is 13.8 Å². The van der Waals surface area contributed by atoms with Gasteiger partial charge in [0.15, 0.2) is 0 Å². The molecule has 0 aromatic rings. The van der Waals surface area contributed by atoms with E-state index in [1.54, 1.807) is 18.9 Å². The first kappa shape index (κ1) is 15.9. The number of rotatable bonds is 7. The zero-order chi connectivity index (χ0) is 13.4. The van der Waals surface area contributed by atoms with Crippen molar-refractivity contribution in [2.75, 3.05) is 26.7 Å². The highest BCUT2D eigenvalue weighted by Gasteiger charge is 2.15. The number of amides is 2. The van der Waals surface area contributed by atoms with E-state index in [4.69, 9.17) is 5.84 Å². The number of nitrogens with one attached hydrogen (secondary N) is 2. The highest BCUT2D eigenvalue weighted by molar-refractivity contribution is 5.79. The van der Waals surface area contributed by atoms with Crippen molar-refractivity contribution in [2.24, 2.45) is 17.7 Å². The van der Waals surface area contributed by atoms with Crippen LogP contribution in [0.3, 0.4) is 0 Å². The Balaban J connectivity index is 3.88. The molecule has 1 atom stereocenters. The van der Waals surface area contributed by atoms with Crippen molar-refractivity contribution in [2.45, 2.75) is 20.8 Å². The number of nitrogens with two attached hydrogens (primary N) is 1. The lowest BCUT2D eigenvalue weighted by Gasteiger charge is -2.20. The van der Waals surface area contributed by atoms with E-state index in [0.29, 0.717) is 19.0 Å². The Morgan fingerprint density at radius 1 is 1.29 bits per heavy atom. The number of hydrazine groups is 1. The minimum Gasteiger partial charge on any atom is -0.355 e. The lowest BCUT2D eigenvalue weighted by Crippen LogP contribution is -2.42. The molecular formula is C11H24N4O2. The molecule has 0 bridgehead atoms. The van der Waals surface area contributed by atoms with Crippen LogP contribution in [0.2, 0.25) is 0 Å². The largest absolute Gasteiger partial charge is 0.355 e. The van der Waals surface area contributed by atoms with Gasteiger partial charge in [-0.25, -0.2) is 5.84 Å². The van der Waals surface area contributed by atoms with Crippen LogP contribution in [0.1, 0.15) is 20.8 Å². The number of carbonyl (C=O) groups is 2. The number of likely N-dealkylation sites (N-methyl/N-ethyl adjacent to an activating group) is 1. The highest BCUT2D eigenvalue weighted by atomic mass is 16.2. The molecular weight excluding hydrogens is 220 g/mol. The molecule has 2 amide bonds. The summed E-state index contributed by atoms with van der Waals surface area (Å²) >= 11 is 0. The Labute approximate surface area is 103 Å². The van der Waals surface area contributed by atoms with Gasteiger partial charge in [-0.3, -0.25) is 19.9 Å². The predicted molar refractivity (Wildman–Crippen MR) is 66.8 cm³/mol. The van der Waals surface area contributed by atoms with Gasteiger partial charge in [-0.2, -0.15) is 0 Å². The van der Waals surface area contributed by atoms with E-state index in [-0.39, 0.29) is 24.3 Å². The highest BCUT2D eigenvalue weighted by Crippen LogP contribution is 1.97. The summed E-state index contributed by atoms with van der Waals surface area (Å²) in [5, 5.41) is 2.82. The molecule has 17 heavy (non-hydrogen) atoms. The first-order chi connectivity index (χ1) is 7.86. The monoisotopic (exact) mass is 244 g/mol. The fourth-order valence-electron chi connectivity index (χ4n) is 1.38. The van der Waals surface area contributed by atoms with Crippen molar-refractivity contribution in [1.82, 2.24) is 15.6 Å². The minimum atomic E-state index is -0.233. The molecule has 0 heterocycles. The van der Waals surface area contributed by atoms with Crippen molar-refractivity contribution in [3.05, 3.63) is 0 Å². The van der Waals surface area contributed by atoms with Gasteiger partial charge in [0.1, 0.15) is 0 Å². The zero-order valence-corrected chi connectivity index (χ0v) is 11.1. The first-order valence-corrected chi connectivity index (χ1v) is 5.82. The lowest BCUT2D eigenvalue weighted by atomic mass is 10.1. The molecule has 0 saturated carbocycles. The molecule has 0 fully saturated rings. The number of nitrogens with zero attached hydrogens (tertiary/aromatic N) is 1. The maximum atomic E-state index is 11.5. The van der Waals surface area contributed by atoms with Crippen LogP contribution in [0, 0.1) is 11.8 Å². The Bertz CT molecular complexity index is 256. The van der Waals surface area contributed by atoms with Crippen LogP contribution >= 0.6 is 0 Å². The smallest absolute Gasteiger partial charge is 0.237 e. The molecule has 6 nitrogen and oxygen atoms in total. The third kappa shape index (κ3) is 7.70. The Hall–Kier alpha value is -1.14. The molecule has 0 aliphatic carbocycles. The van der Waals surface area contributed by atoms with E-state index in [9.17, 15) is 9.59 Å². The van der Waals surface area contributed by atoms with Crippen LogP contribution in [-0.2, 0) is 9.59 Å². The summed E-state index contributed by atoms with van der Waals surface area (Å²) in [6.45, 7) is 7.30. The summed E-state index contributed by atoms with van der Waals surface area (Å²) in [6.07, 6.45) is 0.